The molecule has 12 atom stereocenters. The lowest BCUT2D eigenvalue weighted by Gasteiger charge is -2.48. The van der Waals surface area contributed by atoms with E-state index in [1.54, 1.807) is 0 Å². The number of ketones is 2. The molecule has 9 rings (SSSR count). The van der Waals surface area contributed by atoms with Crippen molar-refractivity contribution in [3.63, 3.8) is 0 Å². The number of hydrogen-bond acceptors (Lipinski definition) is 10. The summed E-state index contributed by atoms with van der Waals surface area (Å²) in [7, 11) is 0. The SMILES string of the molecule is O=C(OCc1ccccc1)C1C2CC(C1C(=O)OCc1ccccc1)C1C(=O)C3C4CC(C(C(=O)OCc5ccccc5)C4C(=O)OCc4ccccc4)C3C(=O)C21. The fourth-order valence-electron chi connectivity index (χ4n) is 11.4. The van der Waals surface area contributed by atoms with E-state index in [2.05, 4.69) is 0 Å². The molecule has 4 aromatic rings. The molecular weight excluding hydrogens is 737 g/mol. The van der Waals surface area contributed by atoms with Gasteiger partial charge in [-0.15, -0.1) is 0 Å². The van der Waals surface area contributed by atoms with Gasteiger partial charge in [0.15, 0.2) is 0 Å². The average Bonchev–Trinajstić information content (AvgIpc) is 4.05. The average molecular weight is 781 g/mol. The van der Waals surface area contributed by atoms with Crippen LogP contribution in [0.5, 0.6) is 0 Å². The number of carbonyl (C=O) groups is 6. The number of Topliss-reactive ketones (excluding diaryl/α,β-unsaturated/α-hetero) is 2. The highest BCUT2D eigenvalue weighted by molar-refractivity contribution is 6.04. The molecule has 10 nitrogen and oxygen atoms in total. The van der Waals surface area contributed by atoms with Gasteiger partial charge in [0.05, 0.1) is 23.7 Å². The molecule has 0 aliphatic heterocycles. The summed E-state index contributed by atoms with van der Waals surface area (Å²) >= 11 is 0. The van der Waals surface area contributed by atoms with Gasteiger partial charge >= 0.3 is 23.9 Å². The minimum Gasteiger partial charge on any atom is -0.461 e. The van der Waals surface area contributed by atoms with Crippen LogP contribution in [0.15, 0.2) is 121 Å². The molecule has 0 amide bonds. The molecule has 0 heterocycles. The summed E-state index contributed by atoms with van der Waals surface area (Å²) in [6.45, 7) is -0.0425. The Kier molecular flexibility index (Phi) is 10.3. The first-order valence-electron chi connectivity index (χ1n) is 20.2. The Balaban J connectivity index is 1.01. The van der Waals surface area contributed by atoms with Crippen LogP contribution in [0.1, 0.15) is 35.1 Å². The predicted molar refractivity (Wildman–Crippen MR) is 206 cm³/mol. The second kappa shape index (κ2) is 15.8. The lowest BCUT2D eigenvalue weighted by molar-refractivity contribution is -0.178. The van der Waals surface area contributed by atoms with Crippen molar-refractivity contribution in [1.29, 1.82) is 0 Å². The second-order valence-corrected chi connectivity index (χ2v) is 16.5. The molecule has 4 aromatic carbocycles. The Hall–Kier alpha value is -5.90. The van der Waals surface area contributed by atoms with Crippen molar-refractivity contribution in [2.24, 2.45) is 71.0 Å². The van der Waals surface area contributed by atoms with Crippen LogP contribution in [0.4, 0.5) is 0 Å². The lowest BCUT2D eigenvalue weighted by Crippen LogP contribution is -2.59. The maximum absolute atomic E-state index is 15.0. The zero-order chi connectivity index (χ0) is 39.9. The van der Waals surface area contributed by atoms with Crippen LogP contribution in [0.3, 0.4) is 0 Å². The second-order valence-electron chi connectivity index (χ2n) is 16.5. The van der Waals surface area contributed by atoms with E-state index in [-0.39, 0.29) is 38.0 Å². The third-order valence-corrected chi connectivity index (χ3v) is 13.6. The van der Waals surface area contributed by atoms with Crippen LogP contribution in [0.2, 0.25) is 0 Å². The highest BCUT2D eigenvalue weighted by Crippen LogP contribution is 2.68. The molecule has 296 valence electrons. The van der Waals surface area contributed by atoms with Crippen molar-refractivity contribution in [3.8, 4) is 0 Å². The Morgan fingerprint density at radius 2 is 0.569 bits per heavy atom. The summed E-state index contributed by atoms with van der Waals surface area (Å²) in [4.78, 5) is 86.3. The van der Waals surface area contributed by atoms with Gasteiger partial charge in [-0.05, 0) is 58.8 Å². The van der Waals surface area contributed by atoms with Gasteiger partial charge in [0, 0.05) is 23.7 Å². The van der Waals surface area contributed by atoms with E-state index >= 15 is 0 Å². The fraction of sp³-hybridized carbons (Fsp3) is 0.375. The Morgan fingerprint density at radius 1 is 0.362 bits per heavy atom. The van der Waals surface area contributed by atoms with E-state index in [1.807, 2.05) is 121 Å². The number of rotatable bonds is 12. The predicted octanol–water partition coefficient (Wildman–Crippen LogP) is 6.34. The van der Waals surface area contributed by atoms with Gasteiger partial charge in [-0.25, -0.2) is 0 Å². The molecule has 5 aliphatic rings. The molecule has 0 radical (unpaired) electrons. The number of hydrogen-bond donors (Lipinski definition) is 0. The number of ether oxygens (including phenoxy) is 4. The van der Waals surface area contributed by atoms with E-state index in [0.29, 0.717) is 12.8 Å². The van der Waals surface area contributed by atoms with Crippen LogP contribution < -0.4 is 0 Å². The van der Waals surface area contributed by atoms with Crippen molar-refractivity contribution < 1.29 is 47.7 Å². The van der Waals surface area contributed by atoms with Gasteiger partial charge in [0.2, 0.25) is 0 Å². The molecular formula is C48H44O10. The maximum atomic E-state index is 15.0. The normalized spacial score (nSPS) is 31.2. The van der Waals surface area contributed by atoms with Crippen LogP contribution in [-0.2, 0) is 74.1 Å². The first kappa shape index (κ1) is 37.7. The summed E-state index contributed by atoms with van der Waals surface area (Å²) in [6.07, 6.45) is 0.617. The number of fused-ring (bicyclic) bond motifs is 10. The largest absolute Gasteiger partial charge is 0.461 e. The third kappa shape index (κ3) is 6.72. The molecule has 0 N–H and O–H groups in total. The summed E-state index contributed by atoms with van der Waals surface area (Å²) in [5, 5.41) is 0. The molecule has 10 heteroatoms. The molecule has 58 heavy (non-hydrogen) atoms. The number of carbonyl (C=O) groups excluding carboxylic acids is 6. The Labute approximate surface area is 336 Å². The number of esters is 4. The first-order valence-corrected chi connectivity index (χ1v) is 20.2. The van der Waals surface area contributed by atoms with Crippen molar-refractivity contribution in [2.75, 3.05) is 0 Å². The van der Waals surface area contributed by atoms with E-state index < -0.39 is 94.9 Å². The topological polar surface area (TPSA) is 139 Å². The highest BCUT2D eigenvalue weighted by atomic mass is 16.5. The standard InChI is InChI=1S/C48H44O10/c49-43-35-31-21-32(40(46(52)56-24-28-15-7-2-8-16-28)39(31)45(51)55-23-27-13-5-1-6-14-27)36(35)44(50)38-34-22-33(37(38)43)41(47(53)57-25-29-17-9-3-10-18-29)42(34)48(54)58-26-30-19-11-4-12-20-30/h1-20,31-42H,21-26H2. The molecule has 5 saturated carbocycles. The molecule has 0 saturated heterocycles. The third-order valence-electron chi connectivity index (χ3n) is 13.6. The summed E-state index contributed by atoms with van der Waals surface area (Å²) < 4.78 is 23.3. The van der Waals surface area contributed by atoms with Gasteiger partial charge in [-0.3, -0.25) is 28.8 Å². The van der Waals surface area contributed by atoms with E-state index in [4.69, 9.17) is 18.9 Å². The minimum atomic E-state index is -0.988. The van der Waals surface area contributed by atoms with Crippen molar-refractivity contribution in [1.82, 2.24) is 0 Å². The van der Waals surface area contributed by atoms with Crippen LogP contribution in [-0.4, -0.2) is 35.4 Å². The first-order chi connectivity index (χ1) is 28.3. The molecule has 12 unspecified atom stereocenters. The van der Waals surface area contributed by atoms with Crippen molar-refractivity contribution in [2.45, 2.75) is 39.3 Å². The van der Waals surface area contributed by atoms with Gasteiger partial charge in [-0.2, -0.15) is 0 Å². The van der Waals surface area contributed by atoms with Gasteiger partial charge in [-0.1, -0.05) is 121 Å². The highest BCUT2D eigenvalue weighted by Gasteiger charge is 2.75. The van der Waals surface area contributed by atoms with E-state index in [0.717, 1.165) is 22.3 Å². The Morgan fingerprint density at radius 3 is 0.776 bits per heavy atom. The summed E-state index contributed by atoms with van der Waals surface area (Å²) in [5.74, 6) is -12.5. The van der Waals surface area contributed by atoms with Gasteiger partial charge in [0.25, 0.3) is 0 Å². The quantitative estimate of drug-likeness (QED) is 0.118. The maximum Gasteiger partial charge on any atom is 0.310 e. The van der Waals surface area contributed by atoms with Crippen LogP contribution in [0.25, 0.3) is 0 Å². The fourth-order valence-corrected chi connectivity index (χ4v) is 11.4. The van der Waals surface area contributed by atoms with E-state index in [1.165, 1.54) is 0 Å². The van der Waals surface area contributed by atoms with E-state index in [9.17, 15) is 28.8 Å². The van der Waals surface area contributed by atoms with Gasteiger partial charge < -0.3 is 18.9 Å². The zero-order valence-corrected chi connectivity index (χ0v) is 31.8. The molecule has 5 fully saturated rings. The molecule has 5 aliphatic carbocycles. The molecule has 4 bridgehead atoms. The summed E-state index contributed by atoms with van der Waals surface area (Å²) in [6, 6.07) is 36.8. The van der Waals surface area contributed by atoms with Crippen LogP contribution >= 0.6 is 0 Å². The number of benzene rings is 4. The Bertz CT molecular complexity index is 1880. The zero-order valence-electron chi connectivity index (χ0n) is 31.8. The molecule has 0 aromatic heterocycles. The summed E-state index contributed by atoms with van der Waals surface area (Å²) in [5.41, 5.74) is 3.10. The molecule has 0 spiro atoms. The lowest BCUT2D eigenvalue weighted by atomic mass is 9.53. The minimum absolute atomic E-state index is 0.0106. The smallest absolute Gasteiger partial charge is 0.310 e. The van der Waals surface area contributed by atoms with Gasteiger partial charge in [0.1, 0.15) is 38.0 Å². The monoisotopic (exact) mass is 780 g/mol. The van der Waals surface area contributed by atoms with Crippen molar-refractivity contribution >= 4 is 35.4 Å². The van der Waals surface area contributed by atoms with Crippen molar-refractivity contribution in [3.05, 3.63) is 144 Å². The van der Waals surface area contributed by atoms with Crippen LogP contribution in [0, 0.1) is 71.0 Å².